The summed E-state index contributed by atoms with van der Waals surface area (Å²) in [7, 11) is -2.20. The molecule has 0 saturated carbocycles. The van der Waals surface area contributed by atoms with Crippen LogP contribution in [0.2, 0.25) is 0 Å². The second-order valence-electron chi connectivity index (χ2n) is 0.433. The largest absolute Gasteiger partial charge is 0.385 e. The minimum atomic E-state index is -2.20. The van der Waals surface area contributed by atoms with Gasteiger partial charge in [-0.15, -0.1) is 0 Å². The van der Waals surface area contributed by atoms with Gasteiger partial charge in [0.1, 0.15) is 0 Å². The molecule has 0 unspecified atom stereocenters. The molecule has 0 N–H and O–H groups in total. The first-order valence-electron chi connectivity index (χ1n) is 2.70. The van der Waals surface area contributed by atoms with E-state index < -0.39 is 7.04 Å². The minimum absolute atomic E-state index is 0.247. The fraction of sp³-hybridized carbons (Fsp3) is 1.00. The molecule has 0 aromatic carbocycles. The zero-order chi connectivity index (χ0) is 5.91. The number of hydrogen-bond donors (Lipinski definition) is 0. The minimum Gasteiger partial charge on any atom is -0.385 e. The van der Waals surface area contributed by atoms with Crippen molar-refractivity contribution in [1.29, 1.82) is 0 Å². The number of methoxy groups -OCH3 is 1. The van der Waals surface area contributed by atoms with Crippen LogP contribution in [0.3, 0.4) is 0 Å². The van der Waals surface area contributed by atoms with Crippen molar-refractivity contribution in [2.24, 2.45) is 0 Å². The Morgan fingerprint density at radius 2 is 3.00 bits per heavy atom. The Bertz CT molecular complexity index is 48.6. The smallest absolute Gasteiger partial charge is 0.0530 e. The predicted octanol–water partition coefficient (Wildman–Crippen LogP) is 0.653. The molecule has 0 radical (unpaired) electrons. The molecule has 4 heavy (non-hydrogen) atoms. The Morgan fingerprint density at radius 3 is 3.00 bits per heavy atom. The van der Waals surface area contributed by atoms with Gasteiger partial charge in [0, 0.05) is 13.6 Å². The lowest BCUT2D eigenvalue weighted by atomic mass is 10.9. The van der Waals surface area contributed by atoms with Gasteiger partial charge in [0.05, 0.1) is 4.11 Å². The quantitative estimate of drug-likeness (QED) is 0.434. The Hall–Kier alpha value is -0.0400. The Balaban J connectivity index is 3.15. The van der Waals surface area contributed by atoms with Crippen LogP contribution in [0.25, 0.3) is 0 Å². The van der Waals surface area contributed by atoms with Crippen molar-refractivity contribution in [1.82, 2.24) is 0 Å². The number of hydrogen-bond acceptors (Lipinski definition) is 1. The molecule has 0 aromatic heterocycles. The third-order valence-corrected chi connectivity index (χ3v) is 0.144. The van der Waals surface area contributed by atoms with Gasteiger partial charge < -0.3 is 4.74 Å². The van der Waals surface area contributed by atoms with E-state index in [0.717, 1.165) is 0 Å². The summed E-state index contributed by atoms with van der Waals surface area (Å²) in [4.78, 5) is 0. The zero-order valence-electron chi connectivity index (χ0n) is 5.62. The molecule has 0 aromatic rings. The monoisotopic (exact) mass is 63.1 g/mol. The van der Waals surface area contributed by atoms with Crippen LogP contribution in [0.1, 0.15) is 11.0 Å². The molecule has 0 aliphatic rings. The van der Waals surface area contributed by atoms with Crippen molar-refractivity contribution in [2.45, 2.75) is 6.92 Å². The molecular formula is C3H8O. The van der Waals surface area contributed by atoms with Gasteiger partial charge in [0.15, 0.2) is 0 Å². The van der Waals surface area contributed by atoms with Gasteiger partial charge in [-0.3, -0.25) is 0 Å². The predicted molar refractivity (Wildman–Crippen MR) is 17.6 cm³/mol. The van der Waals surface area contributed by atoms with Crippen LogP contribution < -0.4 is 0 Å². The lowest BCUT2D eigenvalue weighted by Crippen LogP contribution is -1.73. The molecule has 0 fully saturated rings. The summed E-state index contributed by atoms with van der Waals surface area (Å²) in [6.45, 7) is 1.89. The van der Waals surface area contributed by atoms with E-state index in [4.69, 9.17) is 4.11 Å². The number of ether oxygens (including phenoxy) is 1. The van der Waals surface area contributed by atoms with Crippen molar-refractivity contribution in [2.75, 3.05) is 13.6 Å². The van der Waals surface area contributed by atoms with Gasteiger partial charge in [-0.05, 0) is 6.92 Å². The van der Waals surface area contributed by atoms with E-state index in [1.807, 2.05) is 0 Å². The van der Waals surface area contributed by atoms with Crippen molar-refractivity contribution in [3.8, 4) is 0 Å². The van der Waals surface area contributed by atoms with Crippen LogP contribution in [-0.2, 0) is 4.74 Å². The summed E-state index contributed by atoms with van der Waals surface area (Å²) in [5, 5.41) is 0. The molecule has 1 heteroatoms. The molecule has 0 aliphatic heterocycles. The normalized spacial score (nSPS) is 21.8. The average Bonchev–Trinajstić information content (AvgIpc) is 1.30. The van der Waals surface area contributed by atoms with E-state index >= 15 is 0 Å². The number of rotatable bonds is 1. The molecule has 0 amide bonds. The lowest BCUT2D eigenvalue weighted by Gasteiger charge is -1.76. The first kappa shape index (κ1) is 0.977. The summed E-state index contributed by atoms with van der Waals surface area (Å²) in [5.74, 6) is 0. The average molecular weight is 63.1 g/mol. The molecule has 0 bridgehead atoms. The van der Waals surface area contributed by atoms with Gasteiger partial charge in [-0.2, -0.15) is 0 Å². The van der Waals surface area contributed by atoms with Gasteiger partial charge in [-0.25, -0.2) is 0 Å². The van der Waals surface area contributed by atoms with Crippen LogP contribution >= 0.6 is 0 Å². The first-order valence-corrected chi connectivity index (χ1v) is 1.20. The second kappa shape index (κ2) is 2.96. The summed E-state index contributed by atoms with van der Waals surface area (Å²) < 4.78 is 23.6. The zero-order valence-corrected chi connectivity index (χ0v) is 2.62. The summed E-state index contributed by atoms with van der Waals surface area (Å²) in [6.07, 6.45) is 0. The van der Waals surface area contributed by atoms with Crippen LogP contribution in [0, 0.1) is 0 Å². The fourth-order valence-electron chi connectivity index (χ4n) is 0. The standard InChI is InChI=1S/C3H8O/c1-3-4-2/h3H2,1-2H3/i2D3. The van der Waals surface area contributed by atoms with E-state index in [1.54, 1.807) is 6.92 Å². The van der Waals surface area contributed by atoms with E-state index in [0.29, 0.717) is 0 Å². The van der Waals surface area contributed by atoms with Crippen molar-refractivity contribution in [3.05, 3.63) is 0 Å². The highest BCUT2D eigenvalue weighted by Crippen LogP contribution is 1.52. The van der Waals surface area contributed by atoms with Gasteiger partial charge in [-0.1, -0.05) is 0 Å². The summed E-state index contributed by atoms with van der Waals surface area (Å²) in [5.41, 5.74) is 0. The summed E-state index contributed by atoms with van der Waals surface area (Å²) >= 11 is 0. The Kier molecular flexibility index (Phi) is 0.723. The van der Waals surface area contributed by atoms with Crippen molar-refractivity contribution >= 4 is 0 Å². The molecule has 1 nitrogen and oxygen atoms in total. The Labute approximate surface area is 30.8 Å². The molecule has 0 spiro atoms. The van der Waals surface area contributed by atoms with Gasteiger partial charge >= 0.3 is 0 Å². The van der Waals surface area contributed by atoms with E-state index in [2.05, 4.69) is 4.74 Å². The van der Waals surface area contributed by atoms with E-state index in [-0.39, 0.29) is 6.61 Å². The topological polar surface area (TPSA) is 9.23 Å². The Morgan fingerprint density at radius 1 is 2.25 bits per heavy atom. The van der Waals surface area contributed by atoms with Gasteiger partial charge in [0.25, 0.3) is 0 Å². The second-order valence-corrected chi connectivity index (χ2v) is 0.433. The third-order valence-electron chi connectivity index (χ3n) is 0.144. The lowest BCUT2D eigenvalue weighted by molar-refractivity contribution is 0.215. The van der Waals surface area contributed by atoms with Crippen LogP contribution in [0.5, 0.6) is 0 Å². The molecule has 26 valence electrons. The third kappa shape index (κ3) is 1.96. The SMILES string of the molecule is [2H]C([2H])([2H])OCC. The molecular weight excluding hydrogens is 52.0 g/mol. The maximum Gasteiger partial charge on any atom is 0.0530 e. The fourth-order valence-corrected chi connectivity index (χ4v) is 0. The highest BCUT2D eigenvalue weighted by Gasteiger charge is 1.51. The molecule has 0 saturated heterocycles. The molecule has 0 atom stereocenters. The van der Waals surface area contributed by atoms with E-state index in [9.17, 15) is 0 Å². The molecule has 0 aliphatic carbocycles. The van der Waals surface area contributed by atoms with Crippen LogP contribution in [0.15, 0.2) is 0 Å². The maximum absolute atomic E-state index is 6.44. The van der Waals surface area contributed by atoms with Crippen LogP contribution in [-0.4, -0.2) is 13.6 Å². The van der Waals surface area contributed by atoms with Crippen molar-refractivity contribution < 1.29 is 8.85 Å². The van der Waals surface area contributed by atoms with Gasteiger partial charge in [0.2, 0.25) is 0 Å². The van der Waals surface area contributed by atoms with Crippen LogP contribution in [0.4, 0.5) is 0 Å². The first-order chi connectivity index (χ1) is 3.06. The maximum atomic E-state index is 6.44. The highest BCUT2D eigenvalue weighted by molar-refractivity contribution is 3.94. The molecule has 0 heterocycles. The molecule has 0 rings (SSSR count). The highest BCUT2D eigenvalue weighted by atomic mass is 16.5. The van der Waals surface area contributed by atoms with Crippen molar-refractivity contribution in [3.63, 3.8) is 0 Å². The van der Waals surface area contributed by atoms with E-state index in [1.165, 1.54) is 0 Å². The summed E-state index contributed by atoms with van der Waals surface area (Å²) in [6, 6.07) is 0.